The van der Waals surface area contributed by atoms with Crippen LogP contribution in [0.1, 0.15) is 38.5 Å². The van der Waals surface area contributed by atoms with E-state index in [2.05, 4.69) is 20.9 Å². The predicted octanol–water partition coefficient (Wildman–Crippen LogP) is -4.97. The average molecular weight is 519 g/mol. The third kappa shape index (κ3) is 13.7. The van der Waals surface area contributed by atoms with E-state index in [9.17, 15) is 39.0 Å². The van der Waals surface area contributed by atoms with Crippen molar-refractivity contribution in [3.05, 3.63) is 0 Å². The molecule has 0 saturated carbocycles. The Balaban J connectivity index is 5.25. The van der Waals surface area contributed by atoms with Crippen molar-refractivity contribution in [3.63, 3.8) is 0 Å². The van der Waals surface area contributed by atoms with E-state index < -0.39 is 79.2 Å². The van der Waals surface area contributed by atoms with Crippen LogP contribution in [0.5, 0.6) is 0 Å². The maximum Gasteiger partial charge on any atom is 0.326 e. The van der Waals surface area contributed by atoms with Gasteiger partial charge in [0.1, 0.15) is 18.1 Å². The smallest absolute Gasteiger partial charge is 0.326 e. The number of aliphatic hydroxyl groups is 1. The van der Waals surface area contributed by atoms with Crippen molar-refractivity contribution in [2.24, 2.45) is 27.9 Å². The van der Waals surface area contributed by atoms with Gasteiger partial charge in [-0.05, 0) is 25.7 Å². The molecule has 0 aliphatic carbocycles. The Kier molecular flexibility index (Phi) is 14.8. The minimum absolute atomic E-state index is 0.130. The summed E-state index contributed by atoms with van der Waals surface area (Å²) in [5.41, 5.74) is 21.1. The van der Waals surface area contributed by atoms with E-state index in [1.165, 1.54) is 0 Å². The maximum atomic E-state index is 12.6. The molecule has 0 radical (unpaired) electrons. The number of aliphatic imine (C=N–C) groups is 1. The molecule has 0 aromatic carbocycles. The number of aliphatic carboxylic acids is 2. The Hall–Kier alpha value is -3.99. The molecule has 0 fully saturated rings. The van der Waals surface area contributed by atoms with Crippen molar-refractivity contribution >= 4 is 41.5 Å². The molecule has 0 aliphatic heterocycles. The van der Waals surface area contributed by atoms with E-state index in [-0.39, 0.29) is 31.8 Å². The van der Waals surface area contributed by atoms with Crippen molar-refractivity contribution in [1.82, 2.24) is 16.0 Å². The highest BCUT2D eigenvalue weighted by molar-refractivity contribution is 5.94. The van der Waals surface area contributed by atoms with Gasteiger partial charge in [-0.3, -0.25) is 29.0 Å². The van der Waals surface area contributed by atoms with Crippen LogP contribution < -0.4 is 38.9 Å². The lowest BCUT2D eigenvalue weighted by atomic mass is 10.1. The summed E-state index contributed by atoms with van der Waals surface area (Å²) in [4.78, 5) is 74.4. The zero-order chi connectivity index (χ0) is 27.8. The van der Waals surface area contributed by atoms with Gasteiger partial charge in [0.25, 0.3) is 0 Å². The summed E-state index contributed by atoms with van der Waals surface area (Å²) in [5, 5.41) is 34.2. The van der Waals surface area contributed by atoms with E-state index in [1.54, 1.807) is 0 Å². The van der Waals surface area contributed by atoms with Crippen molar-refractivity contribution in [2.75, 3.05) is 13.2 Å². The zero-order valence-electron chi connectivity index (χ0n) is 19.5. The Bertz CT molecular complexity index is 832. The molecule has 0 aromatic rings. The molecule has 4 atom stereocenters. The van der Waals surface area contributed by atoms with Crippen molar-refractivity contribution < 1.29 is 44.1 Å². The van der Waals surface area contributed by atoms with Crippen LogP contribution in [0.15, 0.2) is 4.99 Å². The number of nitrogens with two attached hydrogens (primary N) is 4. The van der Waals surface area contributed by atoms with Crippen LogP contribution in [0, 0.1) is 0 Å². The minimum atomic E-state index is -1.55. The first-order valence-electron chi connectivity index (χ1n) is 10.8. The van der Waals surface area contributed by atoms with Crippen LogP contribution in [-0.2, 0) is 28.8 Å². The molecule has 0 rings (SSSR count). The van der Waals surface area contributed by atoms with Gasteiger partial charge in [-0.15, -0.1) is 0 Å². The number of carbonyl (C=O) groups excluding carboxylic acids is 4. The molecule has 4 unspecified atom stereocenters. The molecule has 4 amide bonds. The maximum absolute atomic E-state index is 12.6. The Labute approximate surface area is 206 Å². The number of aliphatic hydroxyl groups excluding tert-OH is 1. The van der Waals surface area contributed by atoms with Crippen molar-refractivity contribution in [1.29, 1.82) is 0 Å². The van der Waals surface area contributed by atoms with Gasteiger partial charge in [-0.1, -0.05) is 0 Å². The topological polar surface area (TPSA) is 316 Å². The van der Waals surface area contributed by atoms with Gasteiger partial charge in [0.05, 0.1) is 12.6 Å². The molecule has 17 nitrogen and oxygen atoms in total. The predicted molar refractivity (Wildman–Crippen MR) is 124 cm³/mol. The number of carboxylic acid groups (broad SMARTS) is 2. The SMILES string of the molecule is NC(=O)CCC(NC(=O)C(CCC(=O)O)NC(=O)C(CO)NC(=O)C(N)CCCN=C(N)N)C(=O)O. The molecule has 0 bridgehead atoms. The number of hydrogen-bond acceptors (Lipinski definition) is 9. The quantitative estimate of drug-likeness (QED) is 0.0463. The fourth-order valence-corrected chi connectivity index (χ4v) is 2.75. The highest BCUT2D eigenvalue weighted by atomic mass is 16.4. The number of carbonyl (C=O) groups is 6. The van der Waals surface area contributed by atoms with Gasteiger partial charge in [-0.25, -0.2) is 4.79 Å². The normalized spacial score (nSPS) is 13.8. The molecule has 0 heterocycles. The Morgan fingerprint density at radius 2 is 1.28 bits per heavy atom. The summed E-state index contributed by atoms with van der Waals surface area (Å²) >= 11 is 0. The fraction of sp³-hybridized carbons (Fsp3) is 0.632. The van der Waals surface area contributed by atoms with Gasteiger partial charge in [0.15, 0.2) is 5.96 Å². The van der Waals surface area contributed by atoms with Gasteiger partial charge in [-0.2, -0.15) is 0 Å². The lowest BCUT2D eigenvalue weighted by Crippen LogP contribution is -2.58. The van der Waals surface area contributed by atoms with Gasteiger partial charge in [0.2, 0.25) is 23.6 Å². The summed E-state index contributed by atoms with van der Waals surface area (Å²) in [6, 6.07) is -5.71. The van der Waals surface area contributed by atoms with Crippen LogP contribution in [0.3, 0.4) is 0 Å². The molecule has 17 heteroatoms. The lowest BCUT2D eigenvalue weighted by molar-refractivity contribution is -0.143. The summed E-state index contributed by atoms with van der Waals surface area (Å²) < 4.78 is 0. The van der Waals surface area contributed by atoms with Crippen LogP contribution in [0.25, 0.3) is 0 Å². The lowest BCUT2D eigenvalue weighted by Gasteiger charge is -2.24. The zero-order valence-corrected chi connectivity index (χ0v) is 19.5. The summed E-state index contributed by atoms with van der Waals surface area (Å²) in [7, 11) is 0. The first kappa shape index (κ1) is 32.0. The number of primary amides is 1. The van der Waals surface area contributed by atoms with E-state index in [0.29, 0.717) is 6.42 Å². The molecule has 0 saturated heterocycles. The third-order valence-electron chi connectivity index (χ3n) is 4.69. The van der Waals surface area contributed by atoms with E-state index in [4.69, 9.17) is 28.0 Å². The van der Waals surface area contributed by atoms with Gasteiger partial charge in [0, 0.05) is 19.4 Å². The molecule has 0 spiro atoms. The summed E-state index contributed by atoms with van der Waals surface area (Å²) in [5.74, 6) is -6.62. The number of carboxylic acids is 2. The first-order valence-corrected chi connectivity index (χ1v) is 10.8. The second kappa shape index (κ2) is 16.6. The van der Waals surface area contributed by atoms with Gasteiger partial charge < -0.3 is 54.2 Å². The standard InChI is InChI=1S/C19H34N8O9/c20-9(2-1-7-24-19(22)23)15(32)27-12(8-28)17(34)25-10(4-6-14(30)31)16(33)26-11(18(35)36)3-5-13(21)29/h9-12,28H,1-8,20H2,(H2,21,29)(H,25,34)(H,26,33)(H,27,32)(H,30,31)(H,35,36)(H4,22,23,24). The second-order valence-electron chi connectivity index (χ2n) is 7.70. The number of nitrogens with one attached hydrogen (secondary N) is 3. The molecule has 36 heavy (non-hydrogen) atoms. The van der Waals surface area contributed by atoms with Crippen LogP contribution in [0.2, 0.25) is 0 Å². The summed E-state index contributed by atoms with van der Waals surface area (Å²) in [6.07, 6.45) is -1.21. The minimum Gasteiger partial charge on any atom is -0.481 e. The number of rotatable bonds is 18. The number of amides is 4. The van der Waals surface area contributed by atoms with Crippen molar-refractivity contribution in [2.45, 2.75) is 62.7 Å². The third-order valence-corrected chi connectivity index (χ3v) is 4.69. The molecule has 14 N–H and O–H groups in total. The molecule has 204 valence electrons. The number of guanidine groups is 1. The van der Waals surface area contributed by atoms with E-state index in [0.717, 1.165) is 0 Å². The Morgan fingerprint density at radius 1 is 0.750 bits per heavy atom. The first-order chi connectivity index (χ1) is 16.8. The molecular weight excluding hydrogens is 484 g/mol. The van der Waals surface area contributed by atoms with Gasteiger partial charge >= 0.3 is 11.9 Å². The highest BCUT2D eigenvalue weighted by Gasteiger charge is 2.30. The fourth-order valence-electron chi connectivity index (χ4n) is 2.75. The second-order valence-corrected chi connectivity index (χ2v) is 7.70. The van der Waals surface area contributed by atoms with E-state index >= 15 is 0 Å². The largest absolute Gasteiger partial charge is 0.481 e. The average Bonchev–Trinajstić information content (AvgIpc) is 2.79. The monoisotopic (exact) mass is 518 g/mol. The van der Waals surface area contributed by atoms with Crippen LogP contribution >= 0.6 is 0 Å². The molecular formula is C19H34N8O9. The molecule has 0 aromatic heterocycles. The number of nitrogens with zero attached hydrogens (tertiary/aromatic N) is 1. The summed E-state index contributed by atoms with van der Waals surface area (Å²) in [6.45, 7) is -0.674. The molecule has 0 aliphatic rings. The van der Waals surface area contributed by atoms with Crippen LogP contribution in [-0.4, -0.2) is 94.2 Å². The van der Waals surface area contributed by atoms with Crippen molar-refractivity contribution in [3.8, 4) is 0 Å². The highest BCUT2D eigenvalue weighted by Crippen LogP contribution is 2.04. The Morgan fingerprint density at radius 3 is 1.78 bits per heavy atom. The van der Waals surface area contributed by atoms with E-state index in [1.807, 2.05) is 0 Å². The number of hydrogen-bond donors (Lipinski definition) is 10. The van der Waals surface area contributed by atoms with Crippen LogP contribution in [0.4, 0.5) is 0 Å².